The molecule has 112 valence electrons. The molecule has 0 spiro atoms. The van der Waals surface area contributed by atoms with Gasteiger partial charge in [-0.3, -0.25) is 4.79 Å². The minimum absolute atomic E-state index is 0.0921. The maximum atomic E-state index is 11.8. The second kappa shape index (κ2) is 7.54. The van der Waals surface area contributed by atoms with Crippen molar-refractivity contribution < 1.29 is 13.2 Å². The van der Waals surface area contributed by atoms with E-state index in [1.54, 1.807) is 12.1 Å². The molecule has 1 aromatic rings. The Labute approximate surface area is 124 Å². The van der Waals surface area contributed by atoms with Crippen LogP contribution in [0.15, 0.2) is 18.2 Å². The van der Waals surface area contributed by atoms with E-state index in [9.17, 15) is 13.2 Å². The van der Waals surface area contributed by atoms with E-state index in [4.69, 9.17) is 5.73 Å². The van der Waals surface area contributed by atoms with Gasteiger partial charge in [0.1, 0.15) is 9.84 Å². The van der Waals surface area contributed by atoms with Crippen molar-refractivity contribution in [3.8, 4) is 0 Å². The zero-order chi connectivity index (χ0) is 15.2. The Morgan fingerprint density at radius 2 is 2.05 bits per heavy atom. The molecule has 1 aromatic carbocycles. The Balaban J connectivity index is 2.32. The van der Waals surface area contributed by atoms with E-state index in [0.717, 1.165) is 11.3 Å². The molecule has 0 saturated carbocycles. The van der Waals surface area contributed by atoms with Crippen LogP contribution in [0.5, 0.6) is 0 Å². The Hall–Kier alpha value is -1.21. The van der Waals surface area contributed by atoms with Crippen LogP contribution < -0.4 is 11.1 Å². The highest BCUT2D eigenvalue weighted by Crippen LogP contribution is 2.18. The van der Waals surface area contributed by atoms with Gasteiger partial charge in [-0.2, -0.15) is 11.8 Å². The maximum Gasteiger partial charge on any atom is 0.225 e. The number of nitrogens with one attached hydrogen (secondary N) is 1. The number of amides is 1. The molecule has 0 unspecified atom stereocenters. The highest BCUT2D eigenvalue weighted by atomic mass is 32.2. The molecule has 0 fully saturated rings. The molecule has 0 radical (unpaired) electrons. The third-order valence-corrected chi connectivity index (χ3v) is 4.80. The molecular formula is C13H20N2O3S2. The van der Waals surface area contributed by atoms with Crippen LogP contribution in [0, 0.1) is 6.92 Å². The normalized spacial score (nSPS) is 11.3. The number of rotatable bonds is 7. The number of hydrogen-bond acceptors (Lipinski definition) is 5. The number of aryl methyl sites for hydroxylation is 1. The fourth-order valence-electron chi connectivity index (χ4n) is 1.46. The summed E-state index contributed by atoms with van der Waals surface area (Å²) in [6, 6.07) is 5.36. The molecule has 1 rings (SSSR count). The van der Waals surface area contributed by atoms with E-state index in [2.05, 4.69) is 5.32 Å². The van der Waals surface area contributed by atoms with Gasteiger partial charge in [0.2, 0.25) is 5.91 Å². The summed E-state index contributed by atoms with van der Waals surface area (Å²) in [5, 5.41) is 2.81. The summed E-state index contributed by atoms with van der Waals surface area (Å²) in [6.07, 6.45) is 1.56. The first-order valence-corrected chi connectivity index (χ1v) is 9.41. The first-order valence-electron chi connectivity index (χ1n) is 6.19. The van der Waals surface area contributed by atoms with Gasteiger partial charge >= 0.3 is 0 Å². The zero-order valence-electron chi connectivity index (χ0n) is 11.7. The average Bonchev–Trinajstić information content (AvgIpc) is 2.32. The lowest BCUT2D eigenvalue weighted by Gasteiger charge is -2.09. The van der Waals surface area contributed by atoms with Gasteiger partial charge in [-0.05, 0) is 24.6 Å². The van der Waals surface area contributed by atoms with Crippen molar-refractivity contribution in [2.75, 3.05) is 34.6 Å². The lowest BCUT2D eigenvalue weighted by Crippen LogP contribution is -2.14. The number of carbonyl (C=O) groups excluding carboxylic acids is 1. The molecule has 0 aliphatic carbocycles. The Bertz CT molecular complexity index is 571. The van der Waals surface area contributed by atoms with Gasteiger partial charge in [-0.1, -0.05) is 6.07 Å². The van der Waals surface area contributed by atoms with Gasteiger partial charge in [0.15, 0.2) is 0 Å². The predicted octanol–water partition coefficient (Wildman–Crippen LogP) is 1.68. The number of sulfone groups is 1. The van der Waals surface area contributed by atoms with Gasteiger partial charge in [0, 0.05) is 35.6 Å². The fourth-order valence-corrected chi connectivity index (χ4v) is 3.68. The number of nitrogen functional groups attached to an aromatic ring is 1. The van der Waals surface area contributed by atoms with E-state index >= 15 is 0 Å². The summed E-state index contributed by atoms with van der Waals surface area (Å²) in [6.45, 7) is 1.90. The second-order valence-corrected chi connectivity index (χ2v) is 8.10. The lowest BCUT2D eigenvalue weighted by molar-refractivity contribution is -0.115. The van der Waals surface area contributed by atoms with Gasteiger partial charge in [-0.15, -0.1) is 0 Å². The Kier molecular flexibility index (Phi) is 6.35. The minimum Gasteiger partial charge on any atom is -0.399 e. The minimum atomic E-state index is -2.92. The van der Waals surface area contributed by atoms with E-state index in [0.29, 0.717) is 23.6 Å². The van der Waals surface area contributed by atoms with Crippen molar-refractivity contribution in [3.63, 3.8) is 0 Å². The summed E-state index contributed by atoms with van der Waals surface area (Å²) in [7, 11) is -2.92. The first kappa shape index (κ1) is 16.8. The van der Waals surface area contributed by atoms with Crippen molar-refractivity contribution in [2.45, 2.75) is 13.3 Å². The standard InChI is InChI=1S/C13H20N2O3S2/c1-10-3-4-11(14)9-12(10)15-13(16)5-6-19-7-8-20(2,17)18/h3-4,9H,5-8,14H2,1-2H3,(H,15,16). The molecular weight excluding hydrogens is 296 g/mol. The molecule has 0 aliphatic rings. The van der Waals surface area contributed by atoms with Crippen LogP contribution in [0.25, 0.3) is 0 Å². The van der Waals surface area contributed by atoms with E-state index in [1.165, 1.54) is 18.0 Å². The molecule has 0 saturated heterocycles. The number of benzene rings is 1. The molecule has 0 bridgehead atoms. The number of hydrogen-bond donors (Lipinski definition) is 2. The lowest BCUT2D eigenvalue weighted by atomic mass is 10.2. The van der Waals surface area contributed by atoms with Crippen LogP contribution >= 0.6 is 11.8 Å². The molecule has 0 aliphatic heterocycles. The summed E-state index contributed by atoms with van der Waals surface area (Å²) >= 11 is 1.46. The molecule has 1 amide bonds. The molecule has 0 atom stereocenters. The number of anilines is 2. The quantitative estimate of drug-likeness (QED) is 0.590. The van der Waals surface area contributed by atoms with E-state index in [1.807, 2.05) is 13.0 Å². The highest BCUT2D eigenvalue weighted by molar-refractivity contribution is 8.00. The molecule has 5 nitrogen and oxygen atoms in total. The van der Waals surface area contributed by atoms with E-state index in [-0.39, 0.29) is 11.7 Å². The third kappa shape index (κ3) is 6.81. The number of thioether (sulfide) groups is 1. The monoisotopic (exact) mass is 316 g/mol. The van der Waals surface area contributed by atoms with Crippen LogP contribution in [0.3, 0.4) is 0 Å². The summed E-state index contributed by atoms with van der Waals surface area (Å²) in [4.78, 5) is 11.8. The summed E-state index contributed by atoms with van der Waals surface area (Å²) < 4.78 is 21.9. The van der Waals surface area contributed by atoms with E-state index < -0.39 is 9.84 Å². The second-order valence-electron chi connectivity index (χ2n) is 4.61. The maximum absolute atomic E-state index is 11.8. The van der Waals surface area contributed by atoms with Gasteiger partial charge < -0.3 is 11.1 Å². The molecule has 3 N–H and O–H groups in total. The number of carbonyl (C=O) groups is 1. The first-order chi connectivity index (χ1) is 9.28. The van der Waals surface area contributed by atoms with Crippen LogP contribution in [0.4, 0.5) is 11.4 Å². The Morgan fingerprint density at radius 1 is 1.35 bits per heavy atom. The SMILES string of the molecule is Cc1ccc(N)cc1NC(=O)CCSCCS(C)(=O)=O. The van der Waals surface area contributed by atoms with Crippen molar-refractivity contribution >= 4 is 38.9 Å². The molecule has 7 heteroatoms. The van der Waals surface area contributed by atoms with Crippen LogP contribution in [-0.4, -0.2) is 37.8 Å². The largest absolute Gasteiger partial charge is 0.399 e. The van der Waals surface area contributed by atoms with Crippen LogP contribution in [-0.2, 0) is 14.6 Å². The highest BCUT2D eigenvalue weighted by Gasteiger charge is 2.06. The average molecular weight is 316 g/mol. The van der Waals surface area contributed by atoms with Gasteiger partial charge in [0.25, 0.3) is 0 Å². The molecule has 20 heavy (non-hydrogen) atoms. The summed E-state index contributed by atoms with van der Waals surface area (Å²) in [5.74, 6) is 1.17. The number of nitrogens with two attached hydrogens (primary N) is 1. The molecule has 0 heterocycles. The third-order valence-electron chi connectivity index (χ3n) is 2.61. The summed E-state index contributed by atoms with van der Waals surface area (Å²) in [5.41, 5.74) is 7.95. The van der Waals surface area contributed by atoms with Crippen LogP contribution in [0.1, 0.15) is 12.0 Å². The topological polar surface area (TPSA) is 89.3 Å². The zero-order valence-corrected chi connectivity index (χ0v) is 13.3. The Morgan fingerprint density at radius 3 is 2.70 bits per heavy atom. The predicted molar refractivity (Wildman–Crippen MR) is 85.9 cm³/mol. The van der Waals surface area contributed by atoms with Gasteiger partial charge in [0.05, 0.1) is 5.75 Å². The van der Waals surface area contributed by atoms with Crippen molar-refractivity contribution in [3.05, 3.63) is 23.8 Å². The molecule has 0 aromatic heterocycles. The smallest absolute Gasteiger partial charge is 0.225 e. The van der Waals surface area contributed by atoms with Crippen molar-refractivity contribution in [1.29, 1.82) is 0 Å². The van der Waals surface area contributed by atoms with Crippen molar-refractivity contribution in [2.24, 2.45) is 0 Å². The van der Waals surface area contributed by atoms with Gasteiger partial charge in [-0.25, -0.2) is 8.42 Å². The fraction of sp³-hybridized carbons (Fsp3) is 0.462. The van der Waals surface area contributed by atoms with Crippen molar-refractivity contribution in [1.82, 2.24) is 0 Å². The van der Waals surface area contributed by atoms with Crippen LogP contribution in [0.2, 0.25) is 0 Å².